The number of ether oxygens (including phenoxy) is 1. The third kappa shape index (κ3) is 5.08. The van der Waals surface area contributed by atoms with Gasteiger partial charge in [0.25, 0.3) is 5.91 Å². The molecule has 3 aromatic rings. The van der Waals surface area contributed by atoms with E-state index in [1.54, 1.807) is 17.1 Å². The number of carbonyl (C=O) groups is 1. The number of hydrogen-bond acceptors (Lipinski definition) is 6. The highest BCUT2D eigenvalue weighted by Gasteiger charge is 2.26. The van der Waals surface area contributed by atoms with E-state index in [4.69, 9.17) is 9.72 Å². The molecule has 1 atom stereocenters. The van der Waals surface area contributed by atoms with Crippen molar-refractivity contribution in [1.29, 1.82) is 0 Å². The van der Waals surface area contributed by atoms with Crippen LogP contribution in [0.1, 0.15) is 71.0 Å². The Bertz CT molecular complexity index is 1320. The first-order valence-electron chi connectivity index (χ1n) is 13.4. The molecule has 0 aromatic carbocycles. The monoisotopic (exact) mass is 498 g/mol. The first kappa shape index (κ1) is 24.0. The second kappa shape index (κ2) is 10.2. The molecule has 1 aliphatic heterocycles. The van der Waals surface area contributed by atoms with E-state index in [-0.39, 0.29) is 5.91 Å². The van der Waals surface area contributed by atoms with Crippen molar-refractivity contribution in [3.05, 3.63) is 71.1 Å². The van der Waals surface area contributed by atoms with Gasteiger partial charge in [-0.1, -0.05) is 6.08 Å². The van der Waals surface area contributed by atoms with E-state index < -0.39 is 0 Å². The first-order valence-corrected chi connectivity index (χ1v) is 13.4. The Morgan fingerprint density at radius 2 is 1.89 bits per heavy atom. The van der Waals surface area contributed by atoms with E-state index >= 15 is 0 Å². The van der Waals surface area contributed by atoms with Crippen molar-refractivity contribution in [2.24, 2.45) is 0 Å². The van der Waals surface area contributed by atoms with E-state index in [0.717, 1.165) is 73.9 Å². The van der Waals surface area contributed by atoms with E-state index in [9.17, 15) is 4.79 Å². The molecule has 4 heterocycles. The summed E-state index contributed by atoms with van der Waals surface area (Å²) in [6.45, 7) is 7.71. The summed E-state index contributed by atoms with van der Waals surface area (Å²) in [6.07, 6.45) is 13.2. The van der Waals surface area contributed by atoms with E-state index in [0.29, 0.717) is 23.2 Å². The van der Waals surface area contributed by atoms with Gasteiger partial charge in [0.15, 0.2) is 0 Å². The van der Waals surface area contributed by atoms with Crippen LogP contribution in [0.2, 0.25) is 0 Å². The maximum Gasteiger partial charge on any atom is 0.259 e. The van der Waals surface area contributed by atoms with Crippen LogP contribution in [-0.4, -0.2) is 62.9 Å². The number of hydrogen-bond donors (Lipinski definition) is 1. The smallest absolute Gasteiger partial charge is 0.259 e. The Kier molecular flexibility index (Phi) is 6.61. The highest BCUT2D eigenvalue weighted by molar-refractivity contribution is 6.05. The lowest BCUT2D eigenvalue weighted by Crippen LogP contribution is -2.43. The molecule has 6 rings (SSSR count). The summed E-state index contributed by atoms with van der Waals surface area (Å²) >= 11 is 0. The minimum Gasteiger partial charge on any atom is -0.379 e. The van der Waals surface area contributed by atoms with Crippen molar-refractivity contribution >= 4 is 17.2 Å². The molecular formula is C29H34N6O2. The Hall–Kier alpha value is -3.36. The van der Waals surface area contributed by atoms with E-state index in [1.807, 2.05) is 25.3 Å². The van der Waals surface area contributed by atoms with Gasteiger partial charge in [-0.15, -0.1) is 0 Å². The summed E-state index contributed by atoms with van der Waals surface area (Å²) in [7, 11) is 0. The molecule has 8 heteroatoms. The molecule has 1 unspecified atom stereocenters. The number of rotatable bonds is 6. The third-order valence-electron chi connectivity index (χ3n) is 7.85. The molecule has 1 saturated heterocycles. The third-order valence-corrected chi connectivity index (χ3v) is 7.85. The van der Waals surface area contributed by atoms with Gasteiger partial charge in [0, 0.05) is 30.7 Å². The SMILES string of the molecule is Cc1cc(NC(=O)c2cnn(-c3ccc(C4CC4)nc3)c2C)cnc1C1=CCC(N2CCOCC2)CC1. The Labute approximate surface area is 217 Å². The maximum atomic E-state index is 13.1. The minimum atomic E-state index is -0.189. The van der Waals surface area contributed by atoms with Crippen LogP contribution in [0, 0.1) is 13.8 Å². The number of morpholine rings is 1. The fraction of sp³-hybridized carbons (Fsp3) is 0.448. The number of pyridine rings is 2. The molecule has 1 N–H and O–H groups in total. The molecule has 8 nitrogen and oxygen atoms in total. The average Bonchev–Trinajstić information content (AvgIpc) is 3.71. The van der Waals surface area contributed by atoms with Crippen molar-refractivity contribution in [1.82, 2.24) is 24.6 Å². The van der Waals surface area contributed by atoms with Crippen LogP contribution in [0.15, 0.2) is 42.9 Å². The van der Waals surface area contributed by atoms with Crippen LogP contribution in [0.5, 0.6) is 0 Å². The summed E-state index contributed by atoms with van der Waals surface area (Å²) in [5.74, 6) is 0.421. The number of aromatic nitrogens is 4. The molecule has 2 fully saturated rings. The summed E-state index contributed by atoms with van der Waals surface area (Å²) in [5, 5.41) is 7.46. The summed E-state index contributed by atoms with van der Waals surface area (Å²) < 4.78 is 7.27. The van der Waals surface area contributed by atoms with Gasteiger partial charge in [0.05, 0.1) is 60.1 Å². The van der Waals surface area contributed by atoms with E-state index in [1.165, 1.54) is 18.4 Å². The second-order valence-electron chi connectivity index (χ2n) is 10.4. The van der Waals surface area contributed by atoms with Gasteiger partial charge < -0.3 is 10.1 Å². The van der Waals surface area contributed by atoms with E-state index in [2.05, 4.69) is 39.4 Å². The summed E-state index contributed by atoms with van der Waals surface area (Å²) in [5.41, 5.74) is 7.42. The molecule has 0 radical (unpaired) electrons. The van der Waals surface area contributed by atoms with Gasteiger partial charge in [0.1, 0.15) is 0 Å². The standard InChI is InChI=1S/C29H34N6O2/c1-19-15-23(16-31-28(19)22-5-7-24(8-6-22)34-11-13-37-14-12-34)33-29(36)26-18-32-35(20(26)2)25-9-10-27(30-17-25)21-3-4-21/h5,9-10,15-18,21,24H,3-4,6-8,11-14H2,1-2H3,(H,33,36). The molecular weight excluding hydrogens is 464 g/mol. The number of carbonyl (C=O) groups excluding carboxylic acids is 1. The zero-order chi connectivity index (χ0) is 25.4. The van der Waals surface area contributed by atoms with Crippen molar-refractivity contribution < 1.29 is 9.53 Å². The number of anilines is 1. The van der Waals surface area contributed by atoms with Crippen LogP contribution in [-0.2, 0) is 4.74 Å². The van der Waals surface area contributed by atoms with Gasteiger partial charge in [-0.05, 0) is 75.3 Å². The van der Waals surface area contributed by atoms with Crippen molar-refractivity contribution in [3.63, 3.8) is 0 Å². The summed E-state index contributed by atoms with van der Waals surface area (Å²) in [4.78, 5) is 25.0. The lowest BCUT2D eigenvalue weighted by Gasteiger charge is -2.36. The van der Waals surface area contributed by atoms with Crippen LogP contribution in [0.4, 0.5) is 5.69 Å². The maximum absolute atomic E-state index is 13.1. The molecule has 3 aromatic heterocycles. The molecule has 192 valence electrons. The zero-order valence-electron chi connectivity index (χ0n) is 21.6. The van der Waals surface area contributed by atoms with Crippen LogP contribution < -0.4 is 5.32 Å². The quantitative estimate of drug-likeness (QED) is 0.531. The fourth-order valence-electron chi connectivity index (χ4n) is 5.52. The number of nitrogens with one attached hydrogen (secondary N) is 1. The number of aryl methyl sites for hydroxylation is 1. The largest absolute Gasteiger partial charge is 0.379 e. The first-order chi connectivity index (χ1) is 18.1. The van der Waals surface area contributed by atoms with Gasteiger partial charge in [-0.25, -0.2) is 4.68 Å². The number of allylic oxidation sites excluding steroid dienone is 1. The van der Waals surface area contributed by atoms with Gasteiger partial charge in [-0.3, -0.25) is 19.7 Å². The fourth-order valence-corrected chi connectivity index (χ4v) is 5.52. The predicted molar refractivity (Wildman–Crippen MR) is 143 cm³/mol. The van der Waals surface area contributed by atoms with Crippen LogP contribution in [0.3, 0.4) is 0 Å². The number of nitrogens with zero attached hydrogens (tertiary/aromatic N) is 5. The molecule has 0 spiro atoms. The van der Waals surface area contributed by atoms with Crippen molar-refractivity contribution in [2.75, 3.05) is 31.6 Å². The average molecular weight is 499 g/mol. The molecule has 37 heavy (non-hydrogen) atoms. The minimum absolute atomic E-state index is 0.189. The lowest BCUT2D eigenvalue weighted by atomic mass is 9.90. The Morgan fingerprint density at radius 3 is 2.57 bits per heavy atom. The highest BCUT2D eigenvalue weighted by Crippen LogP contribution is 2.39. The molecule has 0 bridgehead atoms. The van der Waals surface area contributed by atoms with Gasteiger partial charge >= 0.3 is 0 Å². The topological polar surface area (TPSA) is 85.2 Å². The second-order valence-corrected chi connectivity index (χ2v) is 10.4. The Morgan fingerprint density at radius 1 is 1.05 bits per heavy atom. The number of amides is 1. The zero-order valence-corrected chi connectivity index (χ0v) is 21.6. The Balaban J connectivity index is 1.12. The van der Waals surface area contributed by atoms with Gasteiger partial charge in [0.2, 0.25) is 0 Å². The molecule has 3 aliphatic rings. The highest BCUT2D eigenvalue weighted by atomic mass is 16.5. The van der Waals surface area contributed by atoms with Crippen molar-refractivity contribution in [3.8, 4) is 5.69 Å². The molecule has 1 amide bonds. The van der Waals surface area contributed by atoms with Crippen molar-refractivity contribution in [2.45, 2.75) is 57.9 Å². The van der Waals surface area contributed by atoms with Crippen LogP contribution >= 0.6 is 0 Å². The molecule has 2 aliphatic carbocycles. The predicted octanol–water partition coefficient (Wildman–Crippen LogP) is 4.68. The lowest BCUT2D eigenvalue weighted by molar-refractivity contribution is 0.0150. The molecule has 1 saturated carbocycles. The summed E-state index contributed by atoms with van der Waals surface area (Å²) in [6, 6.07) is 6.70. The van der Waals surface area contributed by atoms with Crippen LogP contribution in [0.25, 0.3) is 11.3 Å². The normalized spacial score (nSPS) is 20.5. The van der Waals surface area contributed by atoms with Gasteiger partial charge in [-0.2, -0.15) is 5.10 Å².